The summed E-state index contributed by atoms with van der Waals surface area (Å²) < 4.78 is 5.86. The number of ether oxygens (including phenoxy) is 1. The van der Waals surface area contributed by atoms with Gasteiger partial charge in [0.05, 0.1) is 0 Å². The van der Waals surface area contributed by atoms with Gasteiger partial charge in [0.1, 0.15) is 16.7 Å². The Hall–Kier alpha value is -2.49. The Labute approximate surface area is 202 Å². The molecule has 2 fully saturated rings. The van der Waals surface area contributed by atoms with Crippen molar-refractivity contribution in [1.82, 2.24) is 20.6 Å². The maximum Gasteiger partial charge on any atom is 0.356 e. The van der Waals surface area contributed by atoms with Crippen molar-refractivity contribution in [3.05, 3.63) is 35.9 Å². The van der Waals surface area contributed by atoms with E-state index in [1.165, 1.54) is 0 Å². The smallest absolute Gasteiger partial charge is 0.356 e. The van der Waals surface area contributed by atoms with Gasteiger partial charge in [0.15, 0.2) is 0 Å². The van der Waals surface area contributed by atoms with Crippen molar-refractivity contribution in [2.24, 2.45) is 0 Å². The normalized spacial score (nSPS) is 21.2. The summed E-state index contributed by atoms with van der Waals surface area (Å²) in [5.41, 5.74) is 0.598. The number of piperazine rings is 1. The number of rotatable bonds is 8. The molecule has 2 N–H and O–H groups in total. The molecule has 34 heavy (non-hydrogen) atoms. The van der Waals surface area contributed by atoms with E-state index >= 15 is 0 Å². The minimum atomic E-state index is -1.05. The minimum absolute atomic E-state index is 0.172. The SMILES string of the molecule is CCC(C(=O)ONC=O)(c1ccccc1)N1CCN(C2(C(=O)OC(C)(C)C)CCNCC2)CC1. The van der Waals surface area contributed by atoms with Crippen LogP contribution in [0.2, 0.25) is 0 Å². The monoisotopic (exact) mass is 474 g/mol. The van der Waals surface area contributed by atoms with E-state index in [-0.39, 0.29) is 5.97 Å². The van der Waals surface area contributed by atoms with Crippen LogP contribution in [0.25, 0.3) is 0 Å². The van der Waals surface area contributed by atoms with Crippen LogP contribution in [-0.2, 0) is 29.5 Å². The Morgan fingerprint density at radius 2 is 1.71 bits per heavy atom. The fourth-order valence-corrected chi connectivity index (χ4v) is 5.26. The van der Waals surface area contributed by atoms with Gasteiger partial charge < -0.3 is 14.9 Å². The Kier molecular flexibility index (Phi) is 8.33. The van der Waals surface area contributed by atoms with Crippen LogP contribution in [0.15, 0.2) is 30.3 Å². The van der Waals surface area contributed by atoms with E-state index in [4.69, 9.17) is 9.57 Å². The molecule has 0 aliphatic carbocycles. The van der Waals surface area contributed by atoms with Crippen LogP contribution in [0.3, 0.4) is 0 Å². The quantitative estimate of drug-likeness (QED) is 0.333. The second-order valence-electron chi connectivity index (χ2n) is 9.96. The molecule has 1 aromatic rings. The lowest BCUT2D eigenvalue weighted by molar-refractivity contribution is -0.179. The third kappa shape index (κ3) is 5.26. The van der Waals surface area contributed by atoms with E-state index in [1.807, 2.05) is 58.0 Å². The Morgan fingerprint density at radius 3 is 2.24 bits per heavy atom. The molecule has 2 saturated heterocycles. The Balaban J connectivity index is 1.86. The number of amides is 1. The zero-order chi connectivity index (χ0) is 24.8. The number of nitrogens with one attached hydrogen (secondary N) is 2. The summed E-state index contributed by atoms with van der Waals surface area (Å²) >= 11 is 0. The summed E-state index contributed by atoms with van der Waals surface area (Å²) in [5, 5.41) is 3.35. The number of hydrogen-bond acceptors (Lipinski definition) is 8. The van der Waals surface area contributed by atoms with Gasteiger partial charge >= 0.3 is 11.9 Å². The average molecular weight is 475 g/mol. The van der Waals surface area contributed by atoms with Crippen LogP contribution in [0.4, 0.5) is 0 Å². The number of hydroxylamine groups is 1. The van der Waals surface area contributed by atoms with E-state index in [0.717, 1.165) is 18.7 Å². The maximum absolute atomic E-state index is 13.4. The molecule has 0 bridgehead atoms. The number of piperidine rings is 1. The van der Waals surface area contributed by atoms with Gasteiger partial charge in [0.25, 0.3) is 0 Å². The fraction of sp³-hybridized carbons (Fsp3) is 0.640. The number of benzene rings is 1. The molecular formula is C25H38N4O5. The van der Waals surface area contributed by atoms with Crippen molar-refractivity contribution in [2.75, 3.05) is 39.3 Å². The molecule has 3 rings (SSSR count). The lowest BCUT2D eigenvalue weighted by Crippen LogP contribution is -2.67. The molecule has 2 aliphatic heterocycles. The van der Waals surface area contributed by atoms with Crippen molar-refractivity contribution in [2.45, 2.75) is 63.6 Å². The molecule has 2 heterocycles. The van der Waals surface area contributed by atoms with Crippen molar-refractivity contribution in [1.29, 1.82) is 0 Å². The largest absolute Gasteiger partial charge is 0.459 e. The number of nitrogens with zero attached hydrogens (tertiary/aromatic N) is 2. The van der Waals surface area contributed by atoms with Crippen molar-refractivity contribution >= 4 is 18.3 Å². The highest BCUT2D eigenvalue weighted by molar-refractivity contribution is 5.83. The molecule has 0 radical (unpaired) electrons. The van der Waals surface area contributed by atoms with Gasteiger partial charge in [0, 0.05) is 26.2 Å². The number of esters is 1. The predicted octanol–water partition coefficient (Wildman–Crippen LogP) is 1.58. The van der Waals surface area contributed by atoms with E-state index < -0.39 is 22.6 Å². The topological polar surface area (TPSA) is 100 Å². The Morgan fingerprint density at radius 1 is 1.09 bits per heavy atom. The van der Waals surface area contributed by atoms with Gasteiger partial charge in [-0.05, 0) is 58.7 Å². The van der Waals surface area contributed by atoms with Crippen LogP contribution in [0, 0.1) is 0 Å². The molecule has 2 aliphatic rings. The molecule has 1 unspecified atom stereocenters. The summed E-state index contributed by atoms with van der Waals surface area (Å²) in [6.45, 7) is 11.5. The average Bonchev–Trinajstić information content (AvgIpc) is 2.84. The number of hydrogen-bond donors (Lipinski definition) is 2. The van der Waals surface area contributed by atoms with E-state index in [2.05, 4.69) is 20.6 Å². The Bertz CT molecular complexity index is 843. The lowest BCUT2D eigenvalue weighted by Gasteiger charge is -2.51. The van der Waals surface area contributed by atoms with Gasteiger partial charge in [-0.15, -0.1) is 0 Å². The van der Waals surface area contributed by atoms with Crippen molar-refractivity contribution in [3.63, 3.8) is 0 Å². The summed E-state index contributed by atoms with van der Waals surface area (Å²) in [6, 6.07) is 9.50. The standard InChI is InChI=1S/C25H38N4O5/c1-5-25(22(32)34-27-19-30,20-9-7-6-8-10-20)29-17-15-28(16-18-29)24(11-13-26-14-12-24)21(31)33-23(2,3)4/h6-10,19,26H,5,11-18H2,1-4H3,(H,27,30). The molecule has 0 spiro atoms. The van der Waals surface area contributed by atoms with Gasteiger partial charge in [0.2, 0.25) is 6.41 Å². The second kappa shape index (κ2) is 10.8. The molecule has 188 valence electrons. The summed E-state index contributed by atoms with van der Waals surface area (Å²) in [5.74, 6) is -0.695. The van der Waals surface area contributed by atoms with Gasteiger partial charge in [-0.1, -0.05) is 37.3 Å². The molecule has 9 heteroatoms. The summed E-state index contributed by atoms with van der Waals surface area (Å²) in [6.07, 6.45) is 2.19. The highest BCUT2D eigenvalue weighted by Gasteiger charge is 2.52. The second-order valence-corrected chi connectivity index (χ2v) is 9.96. The third-order valence-electron chi connectivity index (χ3n) is 6.93. The molecule has 1 aromatic carbocycles. The molecular weight excluding hydrogens is 436 g/mol. The van der Waals surface area contributed by atoms with Gasteiger partial charge in [-0.2, -0.15) is 5.48 Å². The first-order valence-electron chi connectivity index (χ1n) is 12.1. The van der Waals surface area contributed by atoms with E-state index in [0.29, 0.717) is 51.9 Å². The van der Waals surface area contributed by atoms with Gasteiger partial charge in [-0.25, -0.2) is 4.79 Å². The van der Waals surface area contributed by atoms with E-state index in [9.17, 15) is 14.4 Å². The van der Waals surface area contributed by atoms with Gasteiger partial charge in [-0.3, -0.25) is 19.4 Å². The van der Waals surface area contributed by atoms with Crippen LogP contribution >= 0.6 is 0 Å². The predicted molar refractivity (Wildman–Crippen MR) is 128 cm³/mol. The fourth-order valence-electron chi connectivity index (χ4n) is 5.26. The van der Waals surface area contributed by atoms with E-state index in [1.54, 1.807) is 0 Å². The van der Waals surface area contributed by atoms with Crippen LogP contribution in [0.1, 0.15) is 52.5 Å². The lowest BCUT2D eigenvalue weighted by atomic mass is 9.83. The third-order valence-corrected chi connectivity index (χ3v) is 6.93. The molecule has 0 aromatic heterocycles. The molecule has 9 nitrogen and oxygen atoms in total. The summed E-state index contributed by atoms with van der Waals surface area (Å²) in [7, 11) is 0. The van der Waals surface area contributed by atoms with Crippen LogP contribution in [-0.4, -0.2) is 78.6 Å². The molecule has 1 amide bonds. The first-order chi connectivity index (χ1) is 16.2. The minimum Gasteiger partial charge on any atom is -0.459 e. The van der Waals surface area contributed by atoms with Crippen molar-refractivity contribution in [3.8, 4) is 0 Å². The highest BCUT2D eigenvalue weighted by Crippen LogP contribution is 2.37. The van der Waals surface area contributed by atoms with Crippen molar-refractivity contribution < 1.29 is 24.0 Å². The number of carbonyl (C=O) groups is 3. The molecule has 1 atom stereocenters. The molecule has 0 saturated carbocycles. The highest BCUT2D eigenvalue weighted by atomic mass is 16.7. The first kappa shape index (κ1) is 26.1. The zero-order valence-corrected chi connectivity index (χ0v) is 20.8. The van der Waals surface area contributed by atoms with Crippen LogP contribution in [0.5, 0.6) is 0 Å². The zero-order valence-electron chi connectivity index (χ0n) is 20.8. The number of carbonyl (C=O) groups excluding carboxylic acids is 3. The summed E-state index contributed by atoms with van der Waals surface area (Å²) in [4.78, 5) is 46.9. The maximum atomic E-state index is 13.4. The van der Waals surface area contributed by atoms with Crippen LogP contribution < -0.4 is 10.8 Å². The first-order valence-corrected chi connectivity index (χ1v) is 12.1.